The van der Waals surface area contributed by atoms with Crippen LogP contribution in [-0.2, 0) is 9.59 Å². The Morgan fingerprint density at radius 3 is 2.62 bits per heavy atom. The number of carbonyl (C=O) groups excluding carboxylic acids is 2. The van der Waals surface area contributed by atoms with Gasteiger partial charge in [0.25, 0.3) is 5.91 Å². The van der Waals surface area contributed by atoms with Crippen LogP contribution in [0.3, 0.4) is 0 Å². The minimum absolute atomic E-state index is 0.193. The fourth-order valence-corrected chi connectivity index (χ4v) is 3.53. The molecule has 1 amide bonds. The molecule has 0 bridgehead atoms. The van der Waals surface area contributed by atoms with E-state index in [1.807, 2.05) is 31.2 Å². The Hall–Kier alpha value is -2.38. The van der Waals surface area contributed by atoms with Gasteiger partial charge in [-0.25, -0.2) is 4.99 Å². The summed E-state index contributed by atoms with van der Waals surface area (Å²) in [5, 5.41) is 3.31. The highest BCUT2D eigenvalue weighted by molar-refractivity contribution is 9.10. The number of esters is 1. The van der Waals surface area contributed by atoms with Gasteiger partial charge in [0.05, 0.1) is 15.1 Å². The van der Waals surface area contributed by atoms with Crippen LogP contribution in [0.1, 0.15) is 18.1 Å². The van der Waals surface area contributed by atoms with E-state index < -0.39 is 0 Å². The van der Waals surface area contributed by atoms with Crippen LogP contribution >= 0.6 is 27.7 Å². The fourth-order valence-electron chi connectivity index (χ4n) is 2.21. The van der Waals surface area contributed by atoms with E-state index in [1.165, 1.54) is 18.7 Å². The summed E-state index contributed by atoms with van der Waals surface area (Å²) >= 11 is 4.65. The van der Waals surface area contributed by atoms with Crippen molar-refractivity contribution in [3.05, 3.63) is 63.0 Å². The lowest BCUT2D eigenvalue weighted by Gasteiger charge is -2.04. The number of amides is 1. The van der Waals surface area contributed by atoms with Crippen molar-refractivity contribution >= 4 is 56.5 Å². The van der Waals surface area contributed by atoms with Crippen molar-refractivity contribution in [3.63, 3.8) is 0 Å². The molecule has 132 valence electrons. The van der Waals surface area contributed by atoms with Gasteiger partial charge in [-0.15, -0.1) is 0 Å². The van der Waals surface area contributed by atoms with E-state index in [0.29, 0.717) is 20.3 Å². The Kier molecular flexibility index (Phi) is 5.58. The molecule has 3 rings (SSSR count). The summed E-state index contributed by atoms with van der Waals surface area (Å²) in [5.74, 6) is -0.148. The number of hydrogen-bond acceptors (Lipinski definition) is 5. The molecule has 5 nitrogen and oxygen atoms in total. The van der Waals surface area contributed by atoms with Crippen molar-refractivity contribution in [1.82, 2.24) is 5.32 Å². The van der Waals surface area contributed by atoms with Gasteiger partial charge in [-0.1, -0.05) is 23.8 Å². The summed E-state index contributed by atoms with van der Waals surface area (Å²) in [6, 6.07) is 13.0. The Bertz CT molecular complexity index is 936. The molecule has 0 atom stereocenters. The van der Waals surface area contributed by atoms with E-state index in [2.05, 4.69) is 26.2 Å². The second kappa shape index (κ2) is 7.88. The van der Waals surface area contributed by atoms with E-state index in [4.69, 9.17) is 4.74 Å². The molecule has 26 heavy (non-hydrogen) atoms. The maximum Gasteiger partial charge on any atom is 0.308 e. The third kappa shape index (κ3) is 4.62. The zero-order chi connectivity index (χ0) is 18.7. The summed E-state index contributed by atoms with van der Waals surface area (Å²) in [7, 11) is 0. The summed E-state index contributed by atoms with van der Waals surface area (Å²) in [4.78, 5) is 28.2. The Labute approximate surface area is 163 Å². The average molecular weight is 431 g/mol. The Morgan fingerprint density at radius 2 is 1.96 bits per heavy atom. The number of ether oxygens (including phenoxy) is 1. The van der Waals surface area contributed by atoms with Crippen LogP contribution in [0.25, 0.3) is 6.08 Å². The third-order valence-electron chi connectivity index (χ3n) is 3.42. The minimum atomic E-state index is -0.389. The molecule has 1 N–H and O–H groups in total. The van der Waals surface area contributed by atoms with Crippen LogP contribution in [-0.4, -0.2) is 17.0 Å². The molecule has 0 aliphatic carbocycles. The minimum Gasteiger partial charge on any atom is -0.426 e. The predicted molar refractivity (Wildman–Crippen MR) is 107 cm³/mol. The van der Waals surface area contributed by atoms with Gasteiger partial charge in [0.2, 0.25) is 0 Å². The topological polar surface area (TPSA) is 67.8 Å². The molecule has 1 fully saturated rings. The highest BCUT2D eigenvalue weighted by atomic mass is 79.9. The second-order valence-corrected chi connectivity index (χ2v) is 7.49. The summed E-state index contributed by atoms with van der Waals surface area (Å²) in [5.41, 5.74) is 2.75. The maximum atomic E-state index is 12.2. The summed E-state index contributed by atoms with van der Waals surface area (Å²) < 4.78 is 5.71. The fraction of sp³-hybridized carbons (Fsp3) is 0.105. The van der Waals surface area contributed by atoms with Crippen LogP contribution in [0, 0.1) is 6.92 Å². The zero-order valence-corrected chi connectivity index (χ0v) is 16.5. The van der Waals surface area contributed by atoms with Crippen molar-refractivity contribution in [2.24, 2.45) is 4.99 Å². The van der Waals surface area contributed by atoms with Crippen molar-refractivity contribution < 1.29 is 14.3 Å². The number of carbonyl (C=O) groups is 2. The number of hydrogen-bond donors (Lipinski definition) is 1. The first-order valence-electron chi connectivity index (χ1n) is 7.75. The number of thioether (sulfide) groups is 1. The molecule has 1 saturated heterocycles. The molecule has 0 aromatic heterocycles. The molecule has 1 aliphatic heterocycles. The van der Waals surface area contributed by atoms with E-state index in [9.17, 15) is 9.59 Å². The molecule has 0 spiro atoms. The standard InChI is InChI=1S/C19H15BrN2O3S/c1-11-3-6-14(7-4-11)21-19-22-18(24)17(26-19)10-13-5-8-16(15(20)9-13)25-12(2)23/h3-10H,1-2H3,(H,21,22,24)/b17-10-. The smallest absolute Gasteiger partial charge is 0.308 e. The molecule has 0 radical (unpaired) electrons. The van der Waals surface area contributed by atoms with Crippen molar-refractivity contribution in [2.45, 2.75) is 13.8 Å². The molecule has 2 aromatic carbocycles. The first-order valence-corrected chi connectivity index (χ1v) is 9.36. The van der Waals surface area contributed by atoms with Crippen LogP contribution in [0.4, 0.5) is 5.69 Å². The average Bonchev–Trinajstić information content (AvgIpc) is 2.91. The lowest BCUT2D eigenvalue weighted by molar-refractivity contribution is -0.131. The van der Waals surface area contributed by atoms with Crippen LogP contribution in [0.15, 0.2) is 56.8 Å². The molecule has 0 unspecified atom stereocenters. The largest absolute Gasteiger partial charge is 0.426 e. The number of aryl methyl sites for hydroxylation is 1. The van der Waals surface area contributed by atoms with Gasteiger partial charge in [-0.05, 0) is 70.5 Å². The van der Waals surface area contributed by atoms with Crippen LogP contribution in [0.2, 0.25) is 0 Å². The highest BCUT2D eigenvalue weighted by Crippen LogP contribution is 2.31. The van der Waals surface area contributed by atoms with Gasteiger partial charge >= 0.3 is 5.97 Å². The third-order valence-corrected chi connectivity index (χ3v) is 4.95. The molecule has 1 aliphatic rings. The molecular weight excluding hydrogens is 416 g/mol. The summed E-state index contributed by atoms with van der Waals surface area (Å²) in [6.45, 7) is 3.35. The predicted octanol–water partition coefficient (Wildman–Crippen LogP) is 4.57. The van der Waals surface area contributed by atoms with Crippen molar-refractivity contribution in [2.75, 3.05) is 0 Å². The number of halogens is 1. The van der Waals surface area contributed by atoms with Crippen LogP contribution < -0.4 is 10.1 Å². The number of rotatable bonds is 3. The molecule has 0 saturated carbocycles. The number of nitrogens with zero attached hydrogens (tertiary/aromatic N) is 1. The monoisotopic (exact) mass is 430 g/mol. The first kappa shape index (κ1) is 18.4. The van der Waals surface area contributed by atoms with E-state index in [1.54, 1.807) is 24.3 Å². The normalized spacial score (nSPS) is 16.8. The zero-order valence-electron chi connectivity index (χ0n) is 14.1. The molecular formula is C19H15BrN2O3S. The number of amidine groups is 1. The van der Waals surface area contributed by atoms with Gasteiger partial charge in [0.15, 0.2) is 5.17 Å². The number of benzene rings is 2. The molecule has 7 heteroatoms. The second-order valence-electron chi connectivity index (χ2n) is 5.60. The van der Waals surface area contributed by atoms with E-state index in [-0.39, 0.29) is 11.9 Å². The van der Waals surface area contributed by atoms with Gasteiger partial charge < -0.3 is 10.1 Å². The maximum absolute atomic E-state index is 12.2. The lowest BCUT2D eigenvalue weighted by Crippen LogP contribution is -2.19. The number of nitrogens with one attached hydrogen (secondary N) is 1. The van der Waals surface area contributed by atoms with E-state index in [0.717, 1.165) is 16.8 Å². The Balaban J connectivity index is 1.79. The summed E-state index contributed by atoms with van der Waals surface area (Å²) in [6.07, 6.45) is 1.76. The van der Waals surface area contributed by atoms with Crippen molar-refractivity contribution in [3.8, 4) is 5.75 Å². The number of aliphatic imine (C=N–C) groups is 1. The first-order chi connectivity index (χ1) is 12.4. The van der Waals surface area contributed by atoms with Crippen LogP contribution in [0.5, 0.6) is 5.75 Å². The van der Waals surface area contributed by atoms with Gasteiger partial charge in [-0.3, -0.25) is 9.59 Å². The quantitative estimate of drug-likeness (QED) is 0.439. The highest BCUT2D eigenvalue weighted by Gasteiger charge is 2.23. The van der Waals surface area contributed by atoms with Crippen molar-refractivity contribution in [1.29, 1.82) is 0 Å². The SMILES string of the molecule is CC(=O)Oc1ccc(/C=C2\SC(=Nc3ccc(C)cc3)NC2=O)cc1Br. The van der Waals surface area contributed by atoms with E-state index >= 15 is 0 Å². The van der Waals surface area contributed by atoms with Gasteiger partial charge in [-0.2, -0.15) is 0 Å². The van der Waals surface area contributed by atoms with Gasteiger partial charge in [0.1, 0.15) is 5.75 Å². The van der Waals surface area contributed by atoms with Gasteiger partial charge in [0, 0.05) is 6.92 Å². The molecule has 2 aromatic rings. The Morgan fingerprint density at radius 1 is 1.23 bits per heavy atom. The lowest BCUT2D eigenvalue weighted by atomic mass is 10.2. The molecule has 1 heterocycles.